The molecule has 8 heteroatoms. The van der Waals surface area contributed by atoms with Gasteiger partial charge in [0.15, 0.2) is 0 Å². The molecule has 1 aliphatic carbocycles. The van der Waals surface area contributed by atoms with Gasteiger partial charge in [0.05, 0.1) is 18.9 Å². The van der Waals surface area contributed by atoms with Gasteiger partial charge in [0.2, 0.25) is 5.88 Å². The van der Waals surface area contributed by atoms with Gasteiger partial charge >= 0.3 is 6.09 Å². The lowest BCUT2D eigenvalue weighted by molar-refractivity contribution is 0.0151. The van der Waals surface area contributed by atoms with Crippen LogP contribution in [0.25, 0.3) is 11.6 Å². The fourth-order valence-corrected chi connectivity index (χ4v) is 3.62. The van der Waals surface area contributed by atoms with Gasteiger partial charge in [-0.3, -0.25) is 10.5 Å². The van der Waals surface area contributed by atoms with Gasteiger partial charge in [0.1, 0.15) is 0 Å². The number of allylic oxidation sites excluding steroid dienone is 1. The summed E-state index contributed by atoms with van der Waals surface area (Å²) in [5.74, 6) is 0.352. The second-order valence-electron chi connectivity index (χ2n) is 6.91. The Morgan fingerprint density at radius 3 is 2.75 bits per heavy atom. The molecule has 1 aromatic carbocycles. The van der Waals surface area contributed by atoms with Crippen LogP contribution in [0.5, 0.6) is 5.88 Å². The molecule has 1 aliphatic heterocycles. The number of aromatic amines is 1. The number of hydrazine groups is 1. The van der Waals surface area contributed by atoms with Crippen molar-refractivity contribution in [2.75, 3.05) is 26.3 Å². The van der Waals surface area contributed by atoms with E-state index in [0.29, 0.717) is 37.2 Å². The van der Waals surface area contributed by atoms with Gasteiger partial charge in [-0.1, -0.05) is 23.7 Å². The van der Waals surface area contributed by atoms with E-state index in [1.165, 1.54) is 0 Å². The number of carbonyl (C=O) groups excluding carboxylic acids is 1. The average molecular weight is 403 g/mol. The van der Waals surface area contributed by atoms with Crippen LogP contribution in [0.4, 0.5) is 4.79 Å². The Morgan fingerprint density at radius 1 is 1.21 bits per heavy atom. The van der Waals surface area contributed by atoms with Gasteiger partial charge in [-0.05, 0) is 55.0 Å². The molecule has 0 atom stereocenters. The zero-order valence-corrected chi connectivity index (χ0v) is 16.3. The number of hydrogen-bond acceptors (Lipinski definition) is 5. The standard InChI is InChI=1S/C20H23ClN4O3/c21-16-7-5-14(6-8-16)13-15-3-1-2-4-17-18(15)22-23-19(17)28-20(26)24-25-9-11-27-12-10-25/h5-8,13H,1-4,9-12H2,(H,22,23)(H,24,26)/b15-13+. The molecule has 7 nitrogen and oxygen atoms in total. The molecule has 2 heterocycles. The minimum absolute atomic E-state index is 0.352. The predicted molar refractivity (Wildman–Crippen MR) is 107 cm³/mol. The van der Waals surface area contributed by atoms with Gasteiger partial charge in [0.25, 0.3) is 0 Å². The Hall–Kier alpha value is -2.35. The van der Waals surface area contributed by atoms with Crippen molar-refractivity contribution in [2.24, 2.45) is 0 Å². The molecule has 4 rings (SSSR count). The second-order valence-corrected chi connectivity index (χ2v) is 7.35. The third kappa shape index (κ3) is 4.55. The van der Waals surface area contributed by atoms with Crippen molar-refractivity contribution in [2.45, 2.75) is 25.7 Å². The fourth-order valence-electron chi connectivity index (χ4n) is 3.49. The monoisotopic (exact) mass is 402 g/mol. The normalized spacial score (nSPS) is 19.1. The highest BCUT2D eigenvalue weighted by Crippen LogP contribution is 2.34. The molecule has 148 valence electrons. The van der Waals surface area contributed by atoms with Crippen molar-refractivity contribution in [1.82, 2.24) is 20.6 Å². The molecule has 0 spiro atoms. The lowest BCUT2D eigenvalue weighted by atomic mass is 10.0. The highest BCUT2D eigenvalue weighted by atomic mass is 35.5. The maximum absolute atomic E-state index is 12.3. The van der Waals surface area contributed by atoms with E-state index in [1.807, 2.05) is 24.3 Å². The van der Waals surface area contributed by atoms with Crippen LogP contribution in [-0.2, 0) is 11.2 Å². The molecule has 2 aromatic rings. The van der Waals surface area contributed by atoms with E-state index in [2.05, 4.69) is 21.7 Å². The van der Waals surface area contributed by atoms with Crippen molar-refractivity contribution >= 4 is 29.3 Å². The maximum Gasteiger partial charge on any atom is 0.428 e. The number of nitrogens with one attached hydrogen (secondary N) is 2. The Bertz CT molecular complexity index is 857. The summed E-state index contributed by atoms with van der Waals surface area (Å²) < 4.78 is 10.8. The maximum atomic E-state index is 12.3. The van der Waals surface area contributed by atoms with E-state index in [4.69, 9.17) is 21.1 Å². The van der Waals surface area contributed by atoms with E-state index >= 15 is 0 Å². The Morgan fingerprint density at radius 2 is 1.96 bits per heavy atom. The first kappa shape index (κ1) is 19.0. The smallest absolute Gasteiger partial charge is 0.388 e. The summed E-state index contributed by atoms with van der Waals surface area (Å²) in [5, 5.41) is 9.85. The molecule has 1 amide bonds. The van der Waals surface area contributed by atoms with Crippen LogP contribution < -0.4 is 10.2 Å². The molecule has 1 aromatic heterocycles. The molecule has 1 fully saturated rings. The van der Waals surface area contributed by atoms with Gasteiger partial charge < -0.3 is 9.47 Å². The summed E-state index contributed by atoms with van der Waals surface area (Å²) in [6.45, 7) is 2.47. The first-order chi connectivity index (χ1) is 13.7. The zero-order valence-electron chi connectivity index (χ0n) is 15.5. The lowest BCUT2D eigenvalue weighted by Crippen LogP contribution is -2.49. The van der Waals surface area contributed by atoms with Crippen LogP contribution >= 0.6 is 11.6 Å². The number of morpholine rings is 1. The van der Waals surface area contributed by atoms with E-state index in [0.717, 1.165) is 48.1 Å². The number of ether oxygens (including phenoxy) is 2. The van der Waals surface area contributed by atoms with E-state index in [9.17, 15) is 4.79 Å². The first-order valence-electron chi connectivity index (χ1n) is 9.54. The minimum Gasteiger partial charge on any atom is -0.388 e. The highest BCUT2D eigenvalue weighted by molar-refractivity contribution is 6.30. The molecule has 28 heavy (non-hydrogen) atoms. The van der Waals surface area contributed by atoms with Crippen LogP contribution in [0.3, 0.4) is 0 Å². The third-order valence-corrected chi connectivity index (χ3v) is 5.19. The topological polar surface area (TPSA) is 79.5 Å². The number of H-pyrrole nitrogens is 1. The summed E-state index contributed by atoms with van der Waals surface area (Å²) in [6, 6.07) is 7.74. The second kappa shape index (κ2) is 8.77. The van der Waals surface area contributed by atoms with Crippen LogP contribution in [0.15, 0.2) is 24.3 Å². The number of rotatable bonds is 3. The number of aromatic nitrogens is 2. The Kier molecular flexibility index (Phi) is 5.95. The van der Waals surface area contributed by atoms with Crippen molar-refractivity contribution in [3.63, 3.8) is 0 Å². The van der Waals surface area contributed by atoms with E-state index in [-0.39, 0.29) is 0 Å². The van der Waals surface area contributed by atoms with Crippen LogP contribution in [0, 0.1) is 0 Å². The molecular weight excluding hydrogens is 380 g/mol. The van der Waals surface area contributed by atoms with Crippen molar-refractivity contribution in [1.29, 1.82) is 0 Å². The highest BCUT2D eigenvalue weighted by Gasteiger charge is 2.23. The quantitative estimate of drug-likeness (QED) is 0.766. The van der Waals surface area contributed by atoms with Crippen LogP contribution in [0.1, 0.15) is 36.1 Å². The van der Waals surface area contributed by atoms with Crippen molar-refractivity contribution in [3.8, 4) is 5.88 Å². The number of carbonyl (C=O) groups is 1. The number of fused-ring (bicyclic) bond motifs is 1. The van der Waals surface area contributed by atoms with E-state index in [1.54, 1.807) is 5.01 Å². The van der Waals surface area contributed by atoms with Crippen molar-refractivity contribution in [3.05, 3.63) is 46.1 Å². The first-order valence-corrected chi connectivity index (χ1v) is 9.92. The fraction of sp³-hybridized carbons (Fsp3) is 0.400. The largest absolute Gasteiger partial charge is 0.428 e. The van der Waals surface area contributed by atoms with Crippen LogP contribution in [-0.4, -0.2) is 47.6 Å². The Labute approximate surface area is 168 Å². The lowest BCUT2D eigenvalue weighted by Gasteiger charge is -2.26. The van der Waals surface area contributed by atoms with Gasteiger partial charge in [-0.25, -0.2) is 9.80 Å². The van der Waals surface area contributed by atoms with Gasteiger partial charge in [-0.15, -0.1) is 5.10 Å². The molecule has 0 bridgehead atoms. The predicted octanol–water partition coefficient (Wildman–Crippen LogP) is 3.67. The summed E-state index contributed by atoms with van der Waals surface area (Å²) in [5.41, 5.74) is 6.88. The third-order valence-electron chi connectivity index (χ3n) is 4.93. The number of benzene rings is 1. The SMILES string of the molecule is O=C(NN1CCOCC1)Oc1n[nH]c2c1CCCC/C2=C\c1ccc(Cl)cc1. The van der Waals surface area contributed by atoms with Crippen molar-refractivity contribution < 1.29 is 14.3 Å². The molecule has 2 aliphatic rings. The molecule has 0 unspecified atom stereocenters. The average Bonchev–Trinajstić information content (AvgIpc) is 2.97. The van der Waals surface area contributed by atoms with E-state index < -0.39 is 6.09 Å². The summed E-state index contributed by atoms with van der Waals surface area (Å²) in [7, 11) is 0. The van der Waals surface area contributed by atoms with Gasteiger partial charge in [-0.2, -0.15) is 0 Å². The summed E-state index contributed by atoms with van der Waals surface area (Å²) >= 11 is 5.98. The number of halogens is 1. The molecule has 1 saturated heterocycles. The van der Waals surface area contributed by atoms with Crippen LogP contribution in [0.2, 0.25) is 5.02 Å². The van der Waals surface area contributed by atoms with Gasteiger partial charge in [0, 0.05) is 23.7 Å². The summed E-state index contributed by atoms with van der Waals surface area (Å²) in [4.78, 5) is 12.3. The number of nitrogens with zero attached hydrogens (tertiary/aromatic N) is 2. The minimum atomic E-state index is -0.524. The Balaban J connectivity index is 1.51. The summed E-state index contributed by atoms with van der Waals surface area (Å²) in [6.07, 6.45) is 5.47. The molecular formula is C20H23ClN4O3. The zero-order chi connectivity index (χ0) is 19.3. The number of amides is 1. The number of hydrogen-bond donors (Lipinski definition) is 2. The molecule has 0 saturated carbocycles. The molecule has 0 radical (unpaired) electrons. The molecule has 2 N–H and O–H groups in total.